The number of piperidine rings is 3. The van der Waals surface area contributed by atoms with Crippen LogP contribution in [0.4, 0.5) is 5.82 Å². The number of benzene rings is 1. The predicted octanol–water partition coefficient (Wildman–Crippen LogP) is 3.45. The van der Waals surface area contributed by atoms with Gasteiger partial charge in [-0.25, -0.2) is 14.1 Å². The fraction of sp³-hybridized carbons (Fsp3) is 0.605. The van der Waals surface area contributed by atoms with Crippen LogP contribution in [0.25, 0.3) is 5.52 Å². The number of hydrogen-bond acceptors (Lipinski definition) is 17. The molecule has 64 heavy (non-hydrogen) atoms. The van der Waals surface area contributed by atoms with Gasteiger partial charge in [-0.05, 0) is 130 Å². The van der Waals surface area contributed by atoms with Gasteiger partial charge >= 0.3 is 25.7 Å². The van der Waals surface area contributed by atoms with Gasteiger partial charge in [0.15, 0.2) is 18.0 Å². The highest BCUT2D eigenvalue weighted by Gasteiger charge is 2.53. The number of para-hydroxylation sites is 1. The number of ether oxygens (including phenoxy) is 4. The normalized spacial score (nSPS) is 20.8. The van der Waals surface area contributed by atoms with E-state index in [1.165, 1.54) is 37.0 Å². The number of carbonyl (C=O) groups excluding carboxylic acids is 4. The zero-order valence-corrected chi connectivity index (χ0v) is 38.2. The van der Waals surface area contributed by atoms with Gasteiger partial charge in [-0.15, -0.1) is 0 Å². The quantitative estimate of drug-likeness (QED) is 0.106. The standard InChI is InChI=1S/C43H60N9O11P/c1-29(40(54)58-5)48-64(57,63-33-10-8-7-9-11-33)60-27-43(26-44,59-6)37(62-42(56)32-18-24-51(4)25-19-32)36(61-41(55)31-16-22-50(3)23-17-31)34-12-13-35-38(45-28-46-52(34)35)47-39(53)30-14-20-49(2)21-15-30/h7-13,28-32,36-37H,14-25,27H2,1-6H3,(H,48,57)(H,45,46,47,53)/t29-,36-,37-,43+,64?/m0/s1. The maximum Gasteiger partial charge on any atom is 0.459 e. The maximum absolute atomic E-state index is 14.7. The molecular formula is C43H60N9O11P. The summed E-state index contributed by atoms with van der Waals surface area (Å²) in [5.74, 6) is -3.38. The van der Waals surface area contributed by atoms with Gasteiger partial charge < -0.3 is 43.5 Å². The molecule has 3 aliphatic heterocycles. The molecule has 1 aromatic carbocycles. The molecule has 3 aliphatic rings. The van der Waals surface area contributed by atoms with Gasteiger partial charge in [0, 0.05) is 13.0 Å². The van der Waals surface area contributed by atoms with Crippen LogP contribution in [0, 0.1) is 29.1 Å². The first-order valence-electron chi connectivity index (χ1n) is 21.6. The summed E-state index contributed by atoms with van der Waals surface area (Å²) in [7, 11) is 3.63. The molecule has 2 N–H and O–H groups in total. The van der Waals surface area contributed by atoms with E-state index in [-0.39, 0.29) is 29.1 Å². The van der Waals surface area contributed by atoms with E-state index < -0.39 is 67.9 Å². The molecule has 20 nitrogen and oxygen atoms in total. The van der Waals surface area contributed by atoms with Crippen LogP contribution in [0.5, 0.6) is 5.75 Å². The average Bonchev–Trinajstić information content (AvgIpc) is 3.73. The van der Waals surface area contributed by atoms with Crippen molar-refractivity contribution in [1.29, 1.82) is 5.26 Å². The fourth-order valence-electron chi connectivity index (χ4n) is 8.12. The number of rotatable bonds is 18. The number of likely N-dealkylation sites (tertiary alicyclic amines) is 3. The Balaban J connectivity index is 1.44. The summed E-state index contributed by atoms with van der Waals surface area (Å²) in [6.07, 6.45) is 1.01. The first-order valence-corrected chi connectivity index (χ1v) is 23.1. The van der Waals surface area contributed by atoms with Gasteiger partial charge in [0.25, 0.3) is 0 Å². The Hall–Kier alpha value is -5.00. The largest absolute Gasteiger partial charge is 0.468 e. The Morgan fingerprint density at radius 2 is 1.41 bits per heavy atom. The van der Waals surface area contributed by atoms with Gasteiger partial charge in [0.05, 0.1) is 24.6 Å². The zero-order valence-electron chi connectivity index (χ0n) is 37.3. The summed E-state index contributed by atoms with van der Waals surface area (Å²) < 4.78 is 51.6. The maximum atomic E-state index is 14.7. The van der Waals surface area contributed by atoms with E-state index in [0.29, 0.717) is 70.2 Å². The SMILES string of the molecule is COC(=O)[C@H](C)NP(=O)(OC[C@@](C#N)(OC)[C@@H](OC(=O)C1CCN(C)CC1)[C@@H](OC(=O)C1CCN(C)CC1)c1ccc2c(NC(=O)C3CCN(C)CC3)ncnn12)Oc1ccccc1. The zero-order chi connectivity index (χ0) is 46.0. The molecule has 21 heteroatoms. The molecule has 348 valence electrons. The van der Waals surface area contributed by atoms with Crippen molar-refractivity contribution in [3.8, 4) is 11.8 Å². The Morgan fingerprint density at radius 3 is 1.95 bits per heavy atom. The van der Waals surface area contributed by atoms with E-state index in [4.69, 9.17) is 28.0 Å². The summed E-state index contributed by atoms with van der Waals surface area (Å²) in [5, 5.41) is 21.3. The lowest BCUT2D eigenvalue weighted by atomic mass is 9.91. The van der Waals surface area contributed by atoms with E-state index in [9.17, 15) is 29.0 Å². The second-order valence-corrected chi connectivity index (χ2v) is 18.5. The lowest BCUT2D eigenvalue weighted by Gasteiger charge is -2.39. The minimum absolute atomic E-state index is 0.101. The number of hydrogen-bond donors (Lipinski definition) is 2. The van der Waals surface area contributed by atoms with Crippen molar-refractivity contribution in [2.45, 2.75) is 69.3 Å². The van der Waals surface area contributed by atoms with Crippen LogP contribution >= 0.6 is 7.75 Å². The third-order valence-corrected chi connectivity index (χ3v) is 13.9. The predicted molar refractivity (Wildman–Crippen MR) is 232 cm³/mol. The number of nitriles is 1. The molecule has 2 aromatic heterocycles. The number of fused-ring (bicyclic) bond motifs is 1. The molecular weight excluding hydrogens is 849 g/mol. The van der Waals surface area contributed by atoms with Crippen molar-refractivity contribution in [3.05, 3.63) is 54.5 Å². The second-order valence-electron chi connectivity index (χ2n) is 16.9. The molecule has 3 aromatic rings. The average molecular weight is 910 g/mol. The molecule has 1 amide bonds. The van der Waals surface area contributed by atoms with Gasteiger partial charge in [-0.3, -0.25) is 23.7 Å². The Kier molecular flexibility index (Phi) is 16.5. The van der Waals surface area contributed by atoms with E-state index in [0.717, 1.165) is 20.2 Å². The van der Waals surface area contributed by atoms with Crippen LogP contribution in [-0.4, -0.2) is 152 Å². The summed E-state index contributed by atoms with van der Waals surface area (Å²) in [6, 6.07) is 12.1. The Bertz CT molecular complexity index is 2170. The van der Waals surface area contributed by atoms with E-state index >= 15 is 0 Å². The molecule has 0 radical (unpaired) electrons. The first kappa shape index (κ1) is 48.5. The topological polar surface area (TPSA) is 228 Å². The van der Waals surface area contributed by atoms with E-state index in [1.807, 2.05) is 21.1 Å². The second kappa shape index (κ2) is 21.8. The van der Waals surface area contributed by atoms with Crippen molar-refractivity contribution < 1.29 is 51.7 Å². The fourth-order valence-corrected chi connectivity index (χ4v) is 9.64. The van der Waals surface area contributed by atoms with Crippen molar-refractivity contribution >= 4 is 42.9 Å². The van der Waals surface area contributed by atoms with Crippen molar-refractivity contribution in [2.24, 2.45) is 17.8 Å². The molecule has 3 saturated heterocycles. The molecule has 0 bridgehead atoms. The van der Waals surface area contributed by atoms with Gasteiger partial charge in [-0.2, -0.15) is 15.4 Å². The Morgan fingerprint density at radius 1 is 0.844 bits per heavy atom. The van der Waals surface area contributed by atoms with Crippen molar-refractivity contribution in [2.75, 3.05) is 86.6 Å². The lowest BCUT2D eigenvalue weighted by molar-refractivity contribution is -0.199. The Labute approximate surface area is 373 Å². The number of nitrogens with zero attached hydrogens (tertiary/aromatic N) is 7. The number of nitrogens with one attached hydrogen (secondary N) is 2. The number of carbonyl (C=O) groups is 4. The highest BCUT2D eigenvalue weighted by molar-refractivity contribution is 7.52. The molecule has 5 atom stereocenters. The summed E-state index contributed by atoms with van der Waals surface area (Å²) in [4.78, 5) is 65.6. The van der Waals surface area contributed by atoms with Crippen LogP contribution in [0.3, 0.4) is 0 Å². The third-order valence-electron chi connectivity index (χ3n) is 12.3. The van der Waals surface area contributed by atoms with Crippen LogP contribution < -0.4 is 14.9 Å². The molecule has 1 unspecified atom stereocenters. The van der Waals surface area contributed by atoms with Crippen molar-refractivity contribution in [1.82, 2.24) is 34.4 Å². The van der Waals surface area contributed by atoms with Crippen LogP contribution in [-0.2, 0) is 47.2 Å². The van der Waals surface area contributed by atoms with E-state index in [2.05, 4.69) is 41.3 Å². The van der Waals surface area contributed by atoms with Crippen LogP contribution in [0.1, 0.15) is 57.2 Å². The monoisotopic (exact) mass is 909 g/mol. The first-order chi connectivity index (χ1) is 30.7. The number of aromatic nitrogens is 3. The number of amides is 1. The van der Waals surface area contributed by atoms with Gasteiger partial charge in [0.1, 0.15) is 36.3 Å². The van der Waals surface area contributed by atoms with Crippen molar-refractivity contribution in [3.63, 3.8) is 0 Å². The van der Waals surface area contributed by atoms with Crippen LogP contribution in [0.2, 0.25) is 0 Å². The molecule has 0 aliphatic carbocycles. The summed E-state index contributed by atoms with van der Waals surface area (Å²) in [5.41, 5.74) is -1.91. The molecule has 5 heterocycles. The van der Waals surface area contributed by atoms with E-state index in [1.54, 1.807) is 30.3 Å². The molecule has 3 fully saturated rings. The molecule has 6 rings (SSSR count). The highest BCUT2D eigenvalue weighted by atomic mass is 31.2. The number of methoxy groups -OCH3 is 2. The molecule has 0 saturated carbocycles. The van der Waals surface area contributed by atoms with Gasteiger partial charge in [0.2, 0.25) is 11.5 Å². The third kappa shape index (κ3) is 11.8. The lowest BCUT2D eigenvalue weighted by Crippen LogP contribution is -2.54. The molecule has 0 spiro atoms. The highest BCUT2D eigenvalue weighted by Crippen LogP contribution is 2.47. The van der Waals surface area contributed by atoms with Crippen LogP contribution in [0.15, 0.2) is 48.8 Å². The minimum Gasteiger partial charge on any atom is -0.468 e. The number of anilines is 1. The summed E-state index contributed by atoms with van der Waals surface area (Å²) >= 11 is 0. The summed E-state index contributed by atoms with van der Waals surface area (Å²) in [6.45, 7) is 4.48. The number of esters is 3. The smallest absolute Gasteiger partial charge is 0.459 e. The van der Waals surface area contributed by atoms with Gasteiger partial charge in [-0.1, -0.05) is 18.2 Å². The minimum atomic E-state index is -4.62.